The molecule has 0 radical (unpaired) electrons. The number of halogens is 3. The molecule has 3 saturated carbocycles. The Morgan fingerprint density at radius 2 is 1.81 bits per heavy atom. The Hall–Kier alpha value is -3.16. The molecule has 164 valence electrons. The molecule has 0 spiro atoms. The molecule has 1 atom stereocenters. The maximum Gasteiger partial charge on any atom is 0.249 e. The molecule has 1 aromatic carbocycles. The quantitative estimate of drug-likeness (QED) is 0.582. The van der Waals surface area contributed by atoms with Gasteiger partial charge in [-0.15, -0.1) is 0 Å². The first-order valence-electron chi connectivity index (χ1n) is 10.7. The van der Waals surface area contributed by atoms with Gasteiger partial charge >= 0.3 is 0 Å². The molecular weight excluding hydrogens is 417 g/mol. The molecule has 7 rings (SSSR count). The average molecular weight is 438 g/mol. The lowest BCUT2D eigenvalue weighted by Gasteiger charge is -2.70. The highest BCUT2D eigenvalue weighted by atomic mass is 19.1. The summed E-state index contributed by atoms with van der Waals surface area (Å²) in [6.45, 7) is 2.66. The van der Waals surface area contributed by atoms with Crippen molar-refractivity contribution in [1.82, 2.24) is 14.6 Å². The molecule has 3 aromatic rings. The number of hydrogen-bond acceptors (Lipinski definition) is 3. The van der Waals surface area contributed by atoms with Gasteiger partial charge in [0.05, 0.1) is 28.7 Å². The van der Waals surface area contributed by atoms with Crippen LogP contribution in [0.4, 0.5) is 13.2 Å². The molecular formula is C24H21F3N4O. The minimum atomic E-state index is -0.663. The number of carbonyl (C=O) groups is 1. The van der Waals surface area contributed by atoms with Crippen LogP contribution in [0.15, 0.2) is 41.8 Å². The van der Waals surface area contributed by atoms with Crippen molar-refractivity contribution >= 4 is 23.2 Å². The van der Waals surface area contributed by atoms with Gasteiger partial charge in [-0.25, -0.2) is 18.2 Å². The number of aryl methyl sites for hydroxylation is 1. The summed E-state index contributed by atoms with van der Waals surface area (Å²) in [5.74, 6) is -1.77. The fraction of sp³-hybridized carbons (Fsp3) is 0.375. The molecule has 5 nitrogen and oxygen atoms in total. The van der Waals surface area contributed by atoms with Gasteiger partial charge in [0.25, 0.3) is 0 Å². The van der Waals surface area contributed by atoms with E-state index in [1.54, 1.807) is 6.21 Å². The third-order valence-corrected chi connectivity index (χ3v) is 7.27. The van der Waals surface area contributed by atoms with Gasteiger partial charge < -0.3 is 4.57 Å². The van der Waals surface area contributed by atoms with Crippen LogP contribution in [0.5, 0.6) is 0 Å². The predicted octanol–water partition coefficient (Wildman–Crippen LogP) is 4.89. The van der Waals surface area contributed by atoms with Crippen molar-refractivity contribution in [2.45, 2.75) is 45.2 Å². The zero-order chi connectivity index (χ0) is 22.3. The number of hydrogen-bond donors (Lipinski definition) is 0. The summed E-state index contributed by atoms with van der Waals surface area (Å²) >= 11 is 0. The van der Waals surface area contributed by atoms with E-state index in [9.17, 15) is 18.0 Å². The second-order valence-corrected chi connectivity index (χ2v) is 9.67. The Kier molecular flexibility index (Phi) is 3.92. The molecule has 0 saturated heterocycles. The summed E-state index contributed by atoms with van der Waals surface area (Å²) in [6.07, 6.45) is 7.48. The SMILES string of the molecule is Cc1cn(CC23CC(C(=O)N4N=CCC4c4cc(F)cc(F)c4)(C2)C3)c2cc(F)cnc12. The molecule has 1 amide bonds. The summed E-state index contributed by atoms with van der Waals surface area (Å²) in [5.41, 5.74) is 2.51. The second kappa shape index (κ2) is 6.43. The lowest BCUT2D eigenvalue weighted by Crippen LogP contribution is -2.68. The van der Waals surface area contributed by atoms with Crippen LogP contribution >= 0.6 is 0 Å². The molecule has 2 bridgehead atoms. The molecule has 3 aliphatic carbocycles. The van der Waals surface area contributed by atoms with Crippen molar-refractivity contribution in [3.05, 3.63) is 65.2 Å². The number of benzene rings is 1. The van der Waals surface area contributed by atoms with Crippen molar-refractivity contribution in [2.24, 2.45) is 15.9 Å². The Bertz CT molecular complexity index is 1270. The Morgan fingerprint density at radius 3 is 2.53 bits per heavy atom. The molecule has 2 aromatic heterocycles. The van der Waals surface area contributed by atoms with Crippen LogP contribution in [0, 0.1) is 35.2 Å². The van der Waals surface area contributed by atoms with E-state index in [2.05, 4.69) is 10.1 Å². The van der Waals surface area contributed by atoms with E-state index >= 15 is 0 Å². The van der Waals surface area contributed by atoms with Crippen LogP contribution in [0.25, 0.3) is 11.0 Å². The van der Waals surface area contributed by atoms with Crippen LogP contribution in [0.2, 0.25) is 0 Å². The van der Waals surface area contributed by atoms with Crippen molar-refractivity contribution in [1.29, 1.82) is 0 Å². The number of rotatable bonds is 4. The molecule has 1 unspecified atom stereocenters. The smallest absolute Gasteiger partial charge is 0.249 e. The molecule has 1 aliphatic heterocycles. The lowest BCUT2D eigenvalue weighted by atomic mass is 9.34. The van der Waals surface area contributed by atoms with Gasteiger partial charge in [0.15, 0.2) is 0 Å². The third kappa shape index (κ3) is 2.74. The molecule has 8 heteroatoms. The van der Waals surface area contributed by atoms with Crippen molar-refractivity contribution in [2.75, 3.05) is 0 Å². The molecule has 4 aliphatic rings. The average Bonchev–Trinajstić information content (AvgIpc) is 3.27. The fourth-order valence-corrected chi connectivity index (χ4v) is 6.10. The number of pyridine rings is 1. The first-order chi connectivity index (χ1) is 15.3. The monoisotopic (exact) mass is 438 g/mol. The second-order valence-electron chi connectivity index (χ2n) is 9.67. The van der Waals surface area contributed by atoms with E-state index in [1.165, 1.54) is 29.4 Å². The summed E-state index contributed by atoms with van der Waals surface area (Å²) in [4.78, 5) is 17.6. The molecule has 3 fully saturated rings. The van der Waals surface area contributed by atoms with Gasteiger partial charge in [0.2, 0.25) is 5.91 Å². The highest BCUT2D eigenvalue weighted by Gasteiger charge is 2.72. The van der Waals surface area contributed by atoms with E-state index in [-0.39, 0.29) is 17.1 Å². The Labute approximate surface area is 182 Å². The first kappa shape index (κ1) is 19.5. The van der Waals surface area contributed by atoms with Gasteiger partial charge in [-0.05, 0) is 54.9 Å². The fourth-order valence-electron chi connectivity index (χ4n) is 6.10. The van der Waals surface area contributed by atoms with Gasteiger partial charge in [-0.2, -0.15) is 5.10 Å². The summed E-state index contributed by atoms with van der Waals surface area (Å²) in [6, 6.07) is 4.37. The van der Waals surface area contributed by atoms with Gasteiger partial charge in [-0.3, -0.25) is 9.78 Å². The van der Waals surface area contributed by atoms with Crippen LogP contribution < -0.4 is 0 Å². The summed E-state index contributed by atoms with van der Waals surface area (Å²) in [5, 5.41) is 5.65. The number of amides is 1. The van der Waals surface area contributed by atoms with Gasteiger partial charge in [-0.1, -0.05) is 0 Å². The largest absolute Gasteiger partial charge is 0.345 e. The molecule has 32 heavy (non-hydrogen) atoms. The molecule has 3 heterocycles. The van der Waals surface area contributed by atoms with Gasteiger partial charge in [0, 0.05) is 37.5 Å². The first-order valence-corrected chi connectivity index (χ1v) is 10.7. The zero-order valence-electron chi connectivity index (χ0n) is 17.5. The maximum absolute atomic E-state index is 13.7. The zero-order valence-corrected chi connectivity index (χ0v) is 17.5. The highest BCUT2D eigenvalue weighted by molar-refractivity contribution is 5.88. The number of fused-ring (bicyclic) bond motifs is 1. The summed E-state index contributed by atoms with van der Waals surface area (Å²) < 4.78 is 43.2. The highest BCUT2D eigenvalue weighted by Crippen LogP contribution is 2.74. The number of carbonyl (C=O) groups excluding carboxylic acids is 1. The van der Waals surface area contributed by atoms with E-state index in [0.29, 0.717) is 18.5 Å². The van der Waals surface area contributed by atoms with Gasteiger partial charge in [0.1, 0.15) is 17.5 Å². The third-order valence-electron chi connectivity index (χ3n) is 7.27. The topological polar surface area (TPSA) is 50.5 Å². The Balaban J connectivity index is 1.19. The predicted molar refractivity (Wildman–Crippen MR) is 112 cm³/mol. The Morgan fingerprint density at radius 1 is 1.09 bits per heavy atom. The van der Waals surface area contributed by atoms with Crippen molar-refractivity contribution in [3.63, 3.8) is 0 Å². The lowest BCUT2D eigenvalue weighted by molar-refractivity contribution is -0.222. The minimum absolute atomic E-state index is 0.00423. The molecule has 0 N–H and O–H groups in total. The standard InChI is InChI=1S/C24H21F3N4O/c1-14-9-30(20-7-18(27)8-28-21(14)20)13-23-10-24(11-23,12-23)22(32)31-19(2-3-29-31)15-4-16(25)6-17(26)5-15/h3-9,19H,2,10-13H2,1H3. The van der Waals surface area contributed by atoms with E-state index < -0.39 is 23.1 Å². The van der Waals surface area contributed by atoms with Crippen LogP contribution in [0.3, 0.4) is 0 Å². The number of aromatic nitrogens is 2. The van der Waals surface area contributed by atoms with E-state index in [4.69, 9.17) is 0 Å². The van der Waals surface area contributed by atoms with Crippen LogP contribution in [-0.2, 0) is 11.3 Å². The van der Waals surface area contributed by atoms with Crippen LogP contribution in [-0.4, -0.2) is 26.7 Å². The van der Waals surface area contributed by atoms with E-state index in [1.807, 2.05) is 17.7 Å². The normalized spacial score (nSPS) is 28.1. The van der Waals surface area contributed by atoms with Crippen molar-refractivity contribution in [3.8, 4) is 0 Å². The number of nitrogens with zero attached hydrogens (tertiary/aromatic N) is 4. The minimum Gasteiger partial charge on any atom is -0.345 e. The maximum atomic E-state index is 13.7. The summed E-state index contributed by atoms with van der Waals surface area (Å²) in [7, 11) is 0. The van der Waals surface area contributed by atoms with Crippen molar-refractivity contribution < 1.29 is 18.0 Å². The number of hydrazone groups is 1. The van der Waals surface area contributed by atoms with Crippen LogP contribution in [0.1, 0.15) is 42.9 Å². The van der Waals surface area contributed by atoms with E-state index in [0.717, 1.165) is 41.9 Å².